The number of nitrogens with two attached hydrogens (primary N) is 1. The molecule has 2 N–H and O–H groups in total. The second kappa shape index (κ2) is 7.92. The van der Waals surface area contributed by atoms with E-state index in [1.165, 1.54) is 34.7 Å². The molecular weight excluding hydrogens is 380 g/mol. The number of amides is 1. The van der Waals surface area contributed by atoms with Crippen LogP contribution in [0.4, 0.5) is 0 Å². The summed E-state index contributed by atoms with van der Waals surface area (Å²) in [7, 11) is 0. The van der Waals surface area contributed by atoms with Gasteiger partial charge in [-0.2, -0.15) is 0 Å². The van der Waals surface area contributed by atoms with E-state index in [-0.39, 0.29) is 5.91 Å². The topological polar surface area (TPSA) is 48.0 Å². The molecule has 4 aromatic carbocycles. The van der Waals surface area contributed by atoms with Crippen LogP contribution in [0.5, 0.6) is 0 Å². The van der Waals surface area contributed by atoms with Gasteiger partial charge in [-0.3, -0.25) is 4.79 Å². The normalized spacial score (nSPS) is 11.5. The Kier molecular flexibility index (Phi) is 4.95. The second-order valence-electron chi connectivity index (χ2n) is 8.24. The van der Waals surface area contributed by atoms with Gasteiger partial charge in [0.25, 0.3) is 0 Å². The predicted molar refractivity (Wildman–Crippen MR) is 130 cm³/mol. The van der Waals surface area contributed by atoms with Gasteiger partial charge >= 0.3 is 0 Å². The fourth-order valence-corrected chi connectivity index (χ4v) is 4.70. The van der Waals surface area contributed by atoms with E-state index in [9.17, 15) is 4.79 Å². The molecule has 0 unspecified atom stereocenters. The van der Waals surface area contributed by atoms with Crippen LogP contribution in [0.3, 0.4) is 0 Å². The summed E-state index contributed by atoms with van der Waals surface area (Å²) in [6, 6.07) is 27.5. The van der Waals surface area contributed by atoms with Crippen LogP contribution >= 0.6 is 0 Å². The molecule has 1 amide bonds. The molecule has 0 bridgehead atoms. The number of carbonyl (C=O) groups excluding carboxylic acids is 1. The summed E-state index contributed by atoms with van der Waals surface area (Å²) in [5, 5.41) is 4.53. The number of rotatable bonds is 6. The molecule has 0 aliphatic heterocycles. The van der Waals surface area contributed by atoms with Gasteiger partial charge in [0.1, 0.15) is 0 Å². The summed E-state index contributed by atoms with van der Waals surface area (Å²) >= 11 is 0. The van der Waals surface area contributed by atoms with Crippen molar-refractivity contribution < 1.29 is 4.79 Å². The predicted octanol–water partition coefficient (Wildman–Crippen LogP) is 6.44. The lowest BCUT2D eigenvalue weighted by molar-refractivity contribution is 0.100. The average molecular weight is 407 g/mol. The lowest BCUT2D eigenvalue weighted by atomic mass is 10.0. The highest BCUT2D eigenvalue weighted by Crippen LogP contribution is 2.34. The number of primary amides is 1. The highest BCUT2D eigenvalue weighted by Gasteiger charge is 2.17. The standard InChI is InChI=1S/C28H26N2O/c1-2-3-8-19-15-16-23-26(17-19)30(25-14-7-13-24(27(23)25)28(29)31)18-21-11-6-10-20-9-4-5-12-22(20)21/h4-7,9-17H,2-3,8,18H2,1H3,(H2,29,31). The number of aromatic nitrogens is 1. The van der Waals surface area contributed by atoms with Crippen molar-refractivity contribution in [2.75, 3.05) is 0 Å². The first-order valence-corrected chi connectivity index (χ1v) is 11.0. The van der Waals surface area contributed by atoms with Crippen molar-refractivity contribution in [2.45, 2.75) is 32.7 Å². The summed E-state index contributed by atoms with van der Waals surface area (Å²) in [5.41, 5.74) is 11.1. The highest BCUT2D eigenvalue weighted by molar-refractivity contribution is 6.18. The third-order valence-electron chi connectivity index (χ3n) is 6.25. The molecule has 5 rings (SSSR count). The van der Waals surface area contributed by atoms with Crippen LogP contribution in [-0.4, -0.2) is 10.5 Å². The largest absolute Gasteiger partial charge is 0.366 e. The number of hydrogen-bond acceptors (Lipinski definition) is 1. The molecule has 3 heteroatoms. The molecule has 154 valence electrons. The maximum Gasteiger partial charge on any atom is 0.249 e. The Morgan fingerprint density at radius 1 is 0.871 bits per heavy atom. The summed E-state index contributed by atoms with van der Waals surface area (Å²) < 4.78 is 2.34. The van der Waals surface area contributed by atoms with Crippen molar-refractivity contribution in [2.24, 2.45) is 5.73 Å². The number of carbonyl (C=O) groups is 1. The van der Waals surface area contributed by atoms with Crippen LogP contribution in [0.25, 0.3) is 32.6 Å². The van der Waals surface area contributed by atoms with E-state index in [0.717, 1.165) is 34.8 Å². The van der Waals surface area contributed by atoms with E-state index in [4.69, 9.17) is 5.73 Å². The molecule has 0 saturated carbocycles. The second-order valence-corrected chi connectivity index (χ2v) is 8.24. The molecule has 0 spiro atoms. The van der Waals surface area contributed by atoms with E-state index >= 15 is 0 Å². The van der Waals surface area contributed by atoms with Crippen LogP contribution in [0.1, 0.15) is 41.3 Å². The first kappa shape index (κ1) is 19.4. The van der Waals surface area contributed by atoms with Crippen LogP contribution in [-0.2, 0) is 13.0 Å². The number of fused-ring (bicyclic) bond motifs is 4. The van der Waals surface area contributed by atoms with Gasteiger partial charge in [-0.25, -0.2) is 0 Å². The summed E-state index contributed by atoms with van der Waals surface area (Å²) in [6.07, 6.45) is 3.40. The molecule has 0 saturated heterocycles. The number of hydrogen-bond donors (Lipinski definition) is 1. The SMILES string of the molecule is CCCCc1ccc2c3c(C(N)=O)cccc3n(Cc3cccc4ccccc34)c2c1. The zero-order chi connectivity index (χ0) is 21.4. The van der Waals surface area contributed by atoms with E-state index in [2.05, 4.69) is 78.2 Å². The van der Waals surface area contributed by atoms with Crippen molar-refractivity contribution >= 4 is 38.5 Å². The summed E-state index contributed by atoms with van der Waals surface area (Å²) in [4.78, 5) is 12.2. The molecule has 3 nitrogen and oxygen atoms in total. The van der Waals surface area contributed by atoms with Gasteiger partial charge in [-0.1, -0.05) is 74.0 Å². The van der Waals surface area contributed by atoms with E-state index in [0.29, 0.717) is 5.56 Å². The zero-order valence-corrected chi connectivity index (χ0v) is 17.8. The van der Waals surface area contributed by atoms with Gasteiger partial charge in [0.15, 0.2) is 0 Å². The van der Waals surface area contributed by atoms with Gasteiger partial charge < -0.3 is 10.3 Å². The monoisotopic (exact) mass is 406 g/mol. The van der Waals surface area contributed by atoms with Crippen molar-refractivity contribution in [1.82, 2.24) is 4.57 Å². The summed E-state index contributed by atoms with van der Waals surface area (Å²) in [6.45, 7) is 2.95. The summed E-state index contributed by atoms with van der Waals surface area (Å²) in [5.74, 6) is -0.384. The Morgan fingerprint density at radius 2 is 1.68 bits per heavy atom. The Labute approximate surface area is 182 Å². The lowest BCUT2D eigenvalue weighted by Crippen LogP contribution is -2.11. The van der Waals surface area contributed by atoms with E-state index < -0.39 is 0 Å². The quantitative estimate of drug-likeness (QED) is 0.347. The van der Waals surface area contributed by atoms with E-state index in [1.54, 1.807) is 0 Å². The van der Waals surface area contributed by atoms with Gasteiger partial charge in [-0.05, 0) is 52.9 Å². The number of benzene rings is 4. The molecule has 0 atom stereocenters. The fraction of sp³-hybridized carbons (Fsp3) is 0.179. The number of aryl methyl sites for hydroxylation is 1. The number of unbranched alkanes of at least 4 members (excludes halogenated alkanes) is 1. The molecule has 31 heavy (non-hydrogen) atoms. The maximum absolute atomic E-state index is 12.2. The van der Waals surface area contributed by atoms with Gasteiger partial charge in [-0.15, -0.1) is 0 Å². The number of nitrogens with zero attached hydrogens (tertiary/aromatic N) is 1. The van der Waals surface area contributed by atoms with Gasteiger partial charge in [0.2, 0.25) is 5.91 Å². The minimum atomic E-state index is -0.384. The molecule has 0 radical (unpaired) electrons. The smallest absolute Gasteiger partial charge is 0.249 e. The van der Waals surface area contributed by atoms with Crippen LogP contribution in [0.15, 0.2) is 78.9 Å². The maximum atomic E-state index is 12.2. The minimum absolute atomic E-state index is 0.384. The van der Waals surface area contributed by atoms with Crippen molar-refractivity contribution in [3.05, 3.63) is 95.6 Å². The molecule has 1 aromatic heterocycles. The van der Waals surface area contributed by atoms with E-state index in [1.807, 2.05) is 12.1 Å². The Balaban J connectivity index is 1.78. The Morgan fingerprint density at radius 3 is 2.52 bits per heavy atom. The van der Waals surface area contributed by atoms with Crippen LogP contribution in [0.2, 0.25) is 0 Å². The average Bonchev–Trinajstić information content (AvgIpc) is 3.11. The Hall–Kier alpha value is -3.59. The molecule has 0 fully saturated rings. The third-order valence-corrected chi connectivity index (χ3v) is 6.25. The Bertz CT molecular complexity index is 1420. The zero-order valence-electron chi connectivity index (χ0n) is 17.8. The lowest BCUT2D eigenvalue weighted by Gasteiger charge is -2.11. The molecule has 5 aromatic rings. The molecule has 0 aliphatic carbocycles. The minimum Gasteiger partial charge on any atom is -0.366 e. The molecule has 1 heterocycles. The molecule has 0 aliphatic rings. The van der Waals surface area contributed by atoms with Crippen molar-refractivity contribution in [3.63, 3.8) is 0 Å². The van der Waals surface area contributed by atoms with Gasteiger partial charge in [0, 0.05) is 28.4 Å². The first-order valence-electron chi connectivity index (χ1n) is 11.0. The first-order chi connectivity index (χ1) is 15.2. The van der Waals surface area contributed by atoms with Crippen LogP contribution < -0.4 is 5.73 Å². The van der Waals surface area contributed by atoms with Crippen LogP contribution in [0, 0.1) is 0 Å². The highest BCUT2D eigenvalue weighted by atomic mass is 16.1. The van der Waals surface area contributed by atoms with Crippen molar-refractivity contribution in [1.29, 1.82) is 0 Å². The fourth-order valence-electron chi connectivity index (χ4n) is 4.70. The van der Waals surface area contributed by atoms with Crippen molar-refractivity contribution in [3.8, 4) is 0 Å². The van der Waals surface area contributed by atoms with Gasteiger partial charge in [0.05, 0.1) is 5.52 Å². The molecular formula is C28H26N2O. The third kappa shape index (κ3) is 3.36.